The van der Waals surface area contributed by atoms with Crippen molar-refractivity contribution in [1.82, 2.24) is 9.88 Å². The molecule has 1 N–H and O–H groups in total. The first-order valence-electron chi connectivity index (χ1n) is 5.82. The van der Waals surface area contributed by atoms with Crippen molar-refractivity contribution in [2.75, 3.05) is 13.6 Å². The molecule has 1 aromatic rings. The lowest BCUT2D eigenvalue weighted by molar-refractivity contribution is -0.144. The average molecular weight is 236 g/mol. The molecule has 0 aliphatic rings. The van der Waals surface area contributed by atoms with Crippen LogP contribution in [0.25, 0.3) is 0 Å². The van der Waals surface area contributed by atoms with E-state index in [-0.39, 0.29) is 11.8 Å². The van der Waals surface area contributed by atoms with E-state index in [0.717, 1.165) is 5.69 Å². The van der Waals surface area contributed by atoms with Crippen LogP contribution in [0.1, 0.15) is 19.5 Å². The van der Waals surface area contributed by atoms with Crippen molar-refractivity contribution in [3.8, 4) is 0 Å². The number of carbonyl (C=O) groups is 1. The Morgan fingerprint density at radius 3 is 2.65 bits per heavy atom. The van der Waals surface area contributed by atoms with Crippen molar-refractivity contribution in [3.63, 3.8) is 0 Å². The number of aliphatic carboxylic acids is 1. The lowest BCUT2D eigenvalue weighted by atomic mass is 9.95. The predicted octanol–water partition coefficient (Wildman–Crippen LogP) is 1.87. The van der Waals surface area contributed by atoms with Crippen molar-refractivity contribution in [1.29, 1.82) is 0 Å². The Kier molecular flexibility index (Phi) is 5.10. The smallest absolute Gasteiger partial charge is 0.308 e. The van der Waals surface area contributed by atoms with Crippen molar-refractivity contribution in [3.05, 3.63) is 30.1 Å². The Morgan fingerprint density at radius 1 is 1.47 bits per heavy atom. The predicted molar refractivity (Wildman–Crippen MR) is 66.5 cm³/mol. The van der Waals surface area contributed by atoms with E-state index in [1.807, 2.05) is 44.0 Å². The molecule has 0 aliphatic carbocycles. The molecule has 1 aromatic heterocycles. The molecule has 0 bridgehead atoms. The Balaban J connectivity index is 2.54. The highest BCUT2D eigenvalue weighted by molar-refractivity contribution is 5.70. The topological polar surface area (TPSA) is 53.4 Å². The fourth-order valence-corrected chi connectivity index (χ4v) is 1.74. The summed E-state index contributed by atoms with van der Waals surface area (Å²) >= 11 is 0. The zero-order chi connectivity index (χ0) is 12.8. The van der Waals surface area contributed by atoms with Crippen LogP contribution in [0.2, 0.25) is 0 Å². The standard InChI is InChI=1S/C13H20N2O2/c1-10(2)12(13(16)17)9-15(3)8-11-6-4-5-7-14-11/h4-7,10,12H,8-9H2,1-3H3,(H,16,17). The first kappa shape index (κ1) is 13.6. The summed E-state index contributed by atoms with van der Waals surface area (Å²) in [6.45, 7) is 5.10. The molecule has 0 radical (unpaired) electrons. The Morgan fingerprint density at radius 2 is 2.18 bits per heavy atom. The third kappa shape index (κ3) is 4.53. The highest BCUT2D eigenvalue weighted by Crippen LogP contribution is 2.13. The van der Waals surface area contributed by atoms with Gasteiger partial charge in [0, 0.05) is 19.3 Å². The van der Waals surface area contributed by atoms with Gasteiger partial charge in [-0.3, -0.25) is 14.7 Å². The third-order valence-electron chi connectivity index (χ3n) is 2.79. The van der Waals surface area contributed by atoms with Gasteiger partial charge in [0.2, 0.25) is 0 Å². The van der Waals surface area contributed by atoms with Gasteiger partial charge in [0.05, 0.1) is 11.6 Å². The van der Waals surface area contributed by atoms with Gasteiger partial charge in [0.15, 0.2) is 0 Å². The Labute approximate surface area is 102 Å². The summed E-state index contributed by atoms with van der Waals surface area (Å²) in [7, 11) is 1.92. The molecule has 0 aliphatic heterocycles. The zero-order valence-corrected chi connectivity index (χ0v) is 10.6. The van der Waals surface area contributed by atoms with Crippen LogP contribution in [-0.2, 0) is 11.3 Å². The summed E-state index contributed by atoms with van der Waals surface area (Å²) in [6.07, 6.45) is 1.75. The molecule has 4 heteroatoms. The number of pyridine rings is 1. The number of hydrogen-bond acceptors (Lipinski definition) is 3. The second kappa shape index (κ2) is 6.35. The van der Waals surface area contributed by atoms with E-state index < -0.39 is 5.97 Å². The summed E-state index contributed by atoms with van der Waals surface area (Å²) in [5.41, 5.74) is 0.961. The highest BCUT2D eigenvalue weighted by Gasteiger charge is 2.22. The molecule has 1 unspecified atom stereocenters. The van der Waals surface area contributed by atoms with Gasteiger partial charge in [0.1, 0.15) is 0 Å². The summed E-state index contributed by atoms with van der Waals surface area (Å²) in [5.74, 6) is -0.921. The molecule has 0 saturated carbocycles. The Bertz CT molecular complexity index is 352. The van der Waals surface area contributed by atoms with E-state index in [2.05, 4.69) is 4.98 Å². The molecule has 94 valence electrons. The van der Waals surface area contributed by atoms with Crippen molar-refractivity contribution in [2.45, 2.75) is 20.4 Å². The van der Waals surface area contributed by atoms with Gasteiger partial charge in [-0.05, 0) is 25.1 Å². The quantitative estimate of drug-likeness (QED) is 0.819. The van der Waals surface area contributed by atoms with Gasteiger partial charge in [-0.1, -0.05) is 19.9 Å². The number of carboxylic acids is 1. The van der Waals surface area contributed by atoms with Crippen LogP contribution in [0.15, 0.2) is 24.4 Å². The van der Waals surface area contributed by atoms with Gasteiger partial charge in [0.25, 0.3) is 0 Å². The van der Waals surface area contributed by atoms with Crippen LogP contribution >= 0.6 is 0 Å². The first-order valence-corrected chi connectivity index (χ1v) is 5.82. The van der Waals surface area contributed by atoms with Crippen LogP contribution in [0, 0.1) is 11.8 Å². The van der Waals surface area contributed by atoms with Gasteiger partial charge < -0.3 is 5.11 Å². The van der Waals surface area contributed by atoms with Crippen LogP contribution in [-0.4, -0.2) is 34.6 Å². The fraction of sp³-hybridized carbons (Fsp3) is 0.538. The summed E-state index contributed by atoms with van der Waals surface area (Å²) in [4.78, 5) is 17.3. The van der Waals surface area contributed by atoms with Gasteiger partial charge >= 0.3 is 5.97 Å². The fourth-order valence-electron chi connectivity index (χ4n) is 1.74. The largest absolute Gasteiger partial charge is 0.481 e. The second-order valence-electron chi connectivity index (χ2n) is 4.71. The van der Waals surface area contributed by atoms with Gasteiger partial charge in [-0.25, -0.2) is 0 Å². The molecule has 4 nitrogen and oxygen atoms in total. The molecule has 1 atom stereocenters. The number of rotatable bonds is 6. The average Bonchev–Trinajstić information content (AvgIpc) is 2.26. The lowest BCUT2D eigenvalue weighted by Crippen LogP contribution is -2.33. The van der Waals surface area contributed by atoms with E-state index in [1.54, 1.807) is 6.20 Å². The summed E-state index contributed by atoms with van der Waals surface area (Å²) in [5, 5.41) is 9.12. The minimum atomic E-state index is -0.729. The number of hydrogen-bond donors (Lipinski definition) is 1. The minimum Gasteiger partial charge on any atom is -0.481 e. The van der Waals surface area contributed by atoms with Gasteiger partial charge in [-0.15, -0.1) is 0 Å². The van der Waals surface area contributed by atoms with Crippen LogP contribution < -0.4 is 0 Å². The number of aromatic nitrogens is 1. The summed E-state index contributed by atoms with van der Waals surface area (Å²) < 4.78 is 0. The summed E-state index contributed by atoms with van der Waals surface area (Å²) in [6, 6.07) is 5.76. The molecular weight excluding hydrogens is 216 g/mol. The molecule has 0 amide bonds. The monoisotopic (exact) mass is 236 g/mol. The third-order valence-corrected chi connectivity index (χ3v) is 2.79. The minimum absolute atomic E-state index is 0.138. The molecule has 0 spiro atoms. The molecule has 1 heterocycles. The van der Waals surface area contributed by atoms with E-state index in [4.69, 9.17) is 5.11 Å². The van der Waals surface area contributed by atoms with Crippen LogP contribution in [0.3, 0.4) is 0 Å². The van der Waals surface area contributed by atoms with Crippen LogP contribution in [0.4, 0.5) is 0 Å². The highest BCUT2D eigenvalue weighted by atomic mass is 16.4. The van der Waals surface area contributed by atoms with E-state index in [0.29, 0.717) is 13.1 Å². The molecular formula is C13H20N2O2. The zero-order valence-electron chi connectivity index (χ0n) is 10.6. The lowest BCUT2D eigenvalue weighted by Gasteiger charge is -2.23. The molecule has 0 saturated heterocycles. The SMILES string of the molecule is CC(C)C(CN(C)Cc1ccccn1)C(=O)O. The maximum Gasteiger partial charge on any atom is 0.308 e. The van der Waals surface area contributed by atoms with Gasteiger partial charge in [-0.2, -0.15) is 0 Å². The molecule has 0 fully saturated rings. The maximum atomic E-state index is 11.1. The van der Waals surface area contributed by atoms with Crippen molar-refractivity contribution in [2.24, 2.45) is 11.8 Å². The second-order valence-corrected chi connectivity index (χ2v) is 4.71. The van der Waals surface area contributed by atoms with Crippen molar-refractivity contribution >= 4 is 5.97 Å². The molecule has 17 heavy (non-hydrogen) atoms. The maximum absolute atomic E-state index is 11.1. The van der Waals surface area contributed by atoms with Crippen molar-refractivity contribution < 1.29 is 9.90 Å². The Hall–Kier alpha value is -1.42. The van der Waals surface area contributed by atoms with Crippen LogP contribution in [0.5, 0.6) is 0 Å². The molecule has 1 rings (SSSR count). The first-order chi connectivity index (χ1) is 8.00. The van der Waals surface area contributed by atoms with E-state index in [1.165, 1.54) is 0 Å². The van der Waals surface area contributed by atoms with E-state index in [9.17, 15) is 4.79 Å². The molecule has 0 aromatic carbocycles. The normalized spacial score (nSPS) is 13.0. The van der Waals surface area contributed by atoms with E-state index >= 15 is 0 Å². The number of nitrogens with zero attached hydrogens (tertiary/aromatic N) is 2. The number of carboxylic acid groups (broad SMARTS) is 1.